The summed E-state index contributed by atoms with van der Waals surface area (Å²) < 4.78 is 2.23. The van der Waals surface area contributed by atoms with Crippen LogP contribution >= 0.6 is 0 Å². The average Bonchev–Trinajstić information content (AvgIpc) is 2.63. The summed E-state index contributed by atoms with van der Waals surface area (Å²) in [6.45, 7) is 3.16. The highest BCUT2D eigenvalue weighted by Crippen LogP contribution is 2.11. The Morgan fingerprint density at radius 3 is 3.07 bits per heavy atom. The van der Waals surface area contributed by atoms with Crippen molar-refractivity contribution in [2.24, 2.45) is 0 Å². The number of rotatable bonds is 4. The van der Waals surface area contributed by atoms with Gasteiger partial charge in [0.25, 0.3) is 0 Å². The normalized spacial score (nSPS) is 11.1. The summed E-state index contributed by atoms with van der Waals surface area (Å²) in [5, 5.41) is 3.16. The predicted molar refractivity (Wildman–Crippen MR) is 62.2 cm³/mol. The SMILES string of the molecule is CNCCCc1ncc2cccc(C)n12. The van der Waals surface area contributed by atoms with Gasteiger partial charge in [-0.2, -0.15) is 0 Å². The van der Waals surface area contributed by atoms with Gasteiger partial charge in [-0.25, -0.2) is 4.98 Å². The summed E-state index contributed by atoms with van der Waals surface area (Å²) in [5.41, 5.74) is 2.44. The Hall–Kier alpha value is -1.35. The lowest BCUT2D eigenvalue weighted by molar-refractivity contribution is 0.698. The zero-order chi connectivity index (χ0) is 10.7. The highest BCUT2D eigenvalue weighted by Gasteiger charge is 2.04. The van der Waals surface area contributed by atoms with Crippen molar-refractivity contribution in [1.82, 2.24) is 14.7 Å². The van der Waals surface area contributed by atoms with Crippen molar-refractivity contribution in [2.75, 3.05) is 13.6 Å². The first-order valence-corrected chi connectivity index (χ1v) is 5.39. The maximum absolute atomic E-state index is 4.46. The van der Waals surface area contributed by atoms with E-state index in [9.17, 15) is 0 Å². The molecule has 3 nitrogen and oxygen atoms in total. The molecule has 0 aliphatic rings. The predicted octanol–water partition coefficient (Wildman–Crippen LogP) is 1.79. The van der Waals surface area contributed by atoms with Crippen molar-refractivity contribution in [1.29, 1.82) is 0 Å². The van der Waals surface area contributed by atoms with Gasteiger partial charge in [0.15, 0.2) is 0 Å². The van der Waals surface area contributed by atoms with Crippen LogP contribution in [0.3, 0.4) is 0 Å². The molecule has 2 aromatic heterocycles. The molecular formula is C12H17N3. The molecule has 0 aromatic carbocycles. The molecule has 0 atom stereocenters. The lowest BCUT2D eigenvalue weighted by Crippen LogP contribution is -2.09. The minimum Gasteiger partial charge on any atom is -0.320 e. The highest BCUT2D eigenvalue weighted by atomic mass is 15.0. The molecule has 2 aromatic rings. The Bertz CT molecular complexity index is 445. The summed E-state index contributed by atoms with van der Waals surface area (Å²) in [4.78, 5) is 4.46. The molecule has 15 heavy (non-hydrogen) atoms. The number of imidazole rings is 1. The van der Waals surface area contributed by atoms with Gasteiger partial charge in [-0.3, -0.25) is 0 Å². The Morgan fingerprint density at radius 2 is 2.27 bits per heavy atom. The van der Waals surface area contributed by atoms with E-state index < -0.39 is 0 Å². The zero-order valence-electron chi connectivity index (χ0n) is 9.33. The van der Waals surface area contributed by atoms with Crippen LogP contribution < -0.4 is 5.32 Å². The minimum absolute atomic E-state index is 1.03. The molecule has 2 heterocycles. The molecule has 0 amide bonds. The maximum Gasteiger partial charge on any atom is 0.113 e. The van der Waals surface area contributed by atoms with Crippen molar-refractivity contribution in [3.63, 3.8) is 0 Å². The van der Waals surface area contributed by atoms with Crippen LogP contribution in [0.25, 0.3) is 5.52 Å². The number of hydrogen-bond acceptors (Lipinski definition) is 2. The average molecular weight is 203 g/mol. The maximum atomic E-state index is 4.46. The van der Waals surface area contributed by atoms with Crippen molar-refractivity contribution >= 4 is 5.52 Å². The molecule has 0 radical (unpaired) electrons. The molecule has 0 aliphatic heterocycles. The standard InChI is InChI=1S/C12H17N3/c1-10-5-3-6-11-9-14-12(15(10)11)7-4-8-13-2/h3,5-6,9,13H,4,7-8H2,1-2H3. The molecule has 0 unspecified atom stereocenters. The number of aryl methyl sites for hydroxylation is 2. The monoisotopic (exact) mass is 203 g/mol. The largest absolute Gasteiger partial charge is 0.320 e. The van der Waals surface area contributed by atoms with E-state index >= 15 is 0 Å². The van der Waals surface area contributed by atoms with Crippen molar-refractivity contribution in [3.8, 4) is 0 Å². The van der Waals surface area contributed by atoms with Crippen LogP contribution in [0.15, 0.2) is 24.4 Å². The summed E-state index contributed by atoms with van der Waals surface area (Å²) in [5.74, 6) is 1.17. The fraction of sp³-hybridized carbons (Fsp3) is 0.417. The van der Waals surface area contributed by atoms with Crippen LogP contribution in [-0.4, -0.2) is 23.0 Å². The Morgan fingerprint density at radius 1 is 1.40 bits per heavy atom. The lowest BCUT2D eigenvalue weighted by Gasteiger charge is -2.04. The van der Waals surface area contributed by atoms with E-state index in [1.165, 1.54) is 17.0 Å². The van der Waals surface area contributed by atoms with E-state index in [0.29, 0.717) is 0 Å². The van der Waals surface area contributed by atoms with Crippen LogP contribution in [0, 0.1) is 6.92 Å². The Balaban J connectivity index is 2.27. The number of pyridine rings is 1. The van der Waals surface area contributed by atoms with Crippen LogP contribution in [0.5, 0.6) is 0 Å². The molecule has 0 saturated heterocycles. The molecule has 0 fully saturated rings. The number of hydrogen-bond donors (Lipinski definition) is 1. The molecule has 80 valence electrons. The van der Waals surface area contributed by atoms with E-state index in [1.807, 2.05) is 13.2 Å². The second-order valence-electron chi connectivity index (χ2n) is 3.81. The van der Waals surface area contributed by atoms with Gasteiger partial charge < -0.3 is 9.72 Å². The molecule has 1 N–H and O–H groups in total. The van der Waals surface area contributed by atoms with Crippen LogP contribution in [0.1, 0.15) is 17.9 Å². The van der Waals surface area contributed by atoms with Gasteiger partial charge in [0.2, 0.25) is 0 Å². The van der Waals surface area contributed by atoms with Crippen molar-refractivity contribution in [2.45, 2.75) is 19.8 Å². The van der Waals surface area contributed by atoms with Gasteiger partial charge in [-0.05, 0) is 39.1 Å². The van der Waals surface area contributed by atoms with Gasteiger partial charge in [0.1, 0.15) is 5.82 Å². The highest BCUT2D eigenvalue weighted by molar-refractivity contribution is 5.47. The van der Waals surface area contributed by atoms with Gasteiger partial charge in [0.05, 0.1) is 11.7 Å². The molecule has 0 bridgehead atoms. The fourth-order valence-corrected chi connectivity index (χ4v) is 1.89. The number of nitrogens with one attached hydrogen (secondary N) is 1. The second-order valence-corrected chi connectivity index (χ2v) is 3.81. The van der Waals surface area contributed by atoms with E-state index in [2.05, 4.69) is 39.8 Å². The van der Waals surface area contributed by atoms with Crippen LogP contribution in [0.4, 0.5) is 0 Å². The first kappa shape index (κ1) is 10.2. The van der Waals surface area contributed by atoms with Gasteiger partial charge in [0, 0.05) is 12.1 Å². The van der Waals surface area contributed by atoms with E-state index in [-0.39, 0.29) is 0 Å². The number of nitrogens with zero attached hydrogens (tertiary/aromatic N) is 2. The summed E-state index contributed by atoms with van der Waals surface area (Å²) >= 11 is 0. The number of aromatic nitrogens is 2. The molecular weight excluding hydrogens is 186 g/mol. The molecule has 0 aliphatic carbocycles. The first-order chi connectivity index (χ1) is 7.33. The third-order valence-electron chi connectivity index (χ3n) is 2.65. The van der Waals surface area contributed by atoms with Gasteiger partial charge >= 0.3 is 0 Å². The minimum atomic E-state index is 1.03. The van der Waals surface area contributed by atoms with E-state index in [4.69, 9.17) is 0 Å². The summed E-state index contributed by atoms with van der Waals surface area (Å²) in [6, 6.07) is 6.29. The topological polar surface area (TPSA) is 29.3 Å². The fourth-order valence-electron chi connectivity index (χ4n) is 1.89. The third kappa shape index (κ3) is 2.02. The summed E-state index contributed by atoms with van der Waals surface area (Å²) in [7, 11) is 1.98. The van der Waals surface area contributed by atoms with Crippen LogP contribution in [-0.2, 0) is 6.42 Å². The molecule has 0 saturated carbocycles. The van der Waals surface area contributed by atoms with Gasteiger partial charge in [-0.15, -0.1) is 0 Å². The van der Waals surface area contributed by atoms with E-state index in [0.717, 1.165) is 19.4 Å². The second kappa shape index (κ2) is 4.45. The quantitative estimate of drug-likeness (QED) is 0.768. The first-order valence-electron chi connectivity index (χ1n) is 5.39. The lowest BCUT2D eigenvalue weighted by atomic mass is 10.3. The van der Waals surface area contributed by atoms with Crippen molar-refractivity contribution < 1.29 is 0 Å². The Labute approximate surface area is 90.1 Å². The molecule has 0 spiro atoms. The van der Waals surface area contributed by atoms with E-state index in [1.54, 1.807) is 0 Å². The smallest absolute Gasteiger partial charge is 0.113 e. The molecule has 3 heteroatoms. The summed E-state index contributed by atoms with van der Waals surface area (Å²) in [6.07, 6.45) is 4.10. The molecule has 2 rings (SSSR count). The van der Waals surface area contributed by atoms with Crippen molar-refractivity contribution in [3.05, 3.63) is 35.9 Å². The van der Waals surface area contributed by atoms with Gasteiger partial charge in [-0.1, -0.05) is 6.07 Å². The zero-order valence-corrected chi connectivity index (χ0v) is 9.33. The van der Waals surface area contributed by atoms with Crippen LogP contribution in [0.2, 0.25) is 0 Å². The third-order valence-corrected chi connectivity index (χ3v) is 2.65. The number of fused-ring (bicyclic) bond motifs is 1. The Kier molecular flexibility index (Phi) is 3.02.